The SMILES string of the molecule is COc1cc(/C=N/NS(=O)(=O)c2ccc(C)c([N+](=O)[O-])c2)cc(OC)c1O. The molecule has 2 aromatic rings. The van der Waals surface area contributed by atoms with E-state index in [9.17, 15) is 23.6 Å². The lowest BCUT2D eigenvalue weighted by atomic mass is 10.2. The number of phenols is 1. The van der Waals surface area contributed by atoms with Crippen LogP contribution in [0.2, 0.25) is 0 Å². The van der Waals surface area contributed by atoms with Gasteiger partial charge in [-0.2, -0.15) is 13.5 Å². The van der Waals surface area contributed by atoms with E-state index in [1.54, 1.807) is 0 Å². The van der Waals surface area contributed by atoms with Crippen molar-refractivity contribution in [2.75, 3.05) is 14.2 Å². The van der Waals surface area contributed by atoms with Crippen LogP contribution in [0.4, 0.5) is 5.69 Å². The fourth-order valence-corrected chi connectivity index (χ4v) is 2.98. The summed E-state index contributed by atoms with van der Waals surface area (Å²) >= 11 is 0. The molecule has 0 atom stereocenters. The van der Waals surface area contributed by atoms with Crippen LogP contribution in [0.1, 0.15) is 11.1 Å². The Kier molecular flexibility index (Phi) is 5.85. The minimum absolute atomic E-state index is 0.118. The molecular weight excluding hydrogens is 378 g/mol. The Balaban J connectivity index is 2.28. The van der Waals surface area contributed by atoms with Gasteiger partial charge in [0.15, 0.2) is 11.5 Å². The van der Waals surface area contributed by atoms with E-state index in [1.165, 1.54) is 51.6 Å². The van der Waals surface area contributed by atoms with Crippen LogP contribution in [-0.2, 0) is 10.0 Å². The van der Waals surface area contributed by atoms with Crippen molar-refractivity contribution in [3.8, 4) is 17.2 Å². The van der Waals surface area contributed by atoms with Crippen LogP contribution in [0.3, 0.4) is 0 Å². The highest BCUT2D eigenvalue weighted by atomic mass is 32.2. The molecule has 0 radical (unpaired) electrons. The summed E-state index contributed by atoms with van der Waals surface area (Å²) in [5, 5.41) is 24.5. The van der Waals surface area contributed by atoms with Crippen LogP contribution in [-0.4, -0.2) is 38.9 Å². The number of hydrogen-bond donors (Lipinski definition) is 2. The topological polar surface area (TPSA) is 140 Å². The molecule has 0 spiro atoms. The van der Waals surface area contributed by atoms with Crippen LogP contribution in [0, 0.1) is 17.0 Å². The zero-order chi connectivity index (χ0) is 20.2. The summed E-state index contributed by atoms with van der Waals surface area (Å²) in [6, 6.07) is 6.39. The highest BCUT2D eigenvalue weighted by molar-refractivity contribution is 7.89. The summed E-state index contributed by atoms with van der Waals surface area (Å²) in [5.41, 5.74) is 0.416. The predicted molar refractivity (Wildman–Crippen MR) is 97.0 cm³/mol. The van der Waals surface area contributed by atoms with Gasteiger partial charge in [-0.25, -0.2) is 4.83 Å². The minimum atomic E-state index is -4.11. The van der Waals surface area contributed by atoms with Gasteiger partial charge >= 0.3 is 0 Å². The average Bonchev–Trinajstić information content (AvgIpc) is 2.62. The van der Waals surface area contributed by atoms with Crippen LogP contribution in [0.5, 0.6) is 17.2 Å². The Morgan fingerprint density at radius 3 is 2.30 bits per heavy atom. The molecule has 0 aliphatic carbocycles. The van der Waals surface area contributed by atoms with Crippen molar-refractivity contribution in [2.24, 2.45) is 5.10 Å². The molecule has 0 fully saturated rings. The second-order valence-corrected chi connectivity index (χ2v) is 6.99. The Morgan fingerprint density at radius 2 is 1.78 bits per heavy atom. The van der Waals surface area contributed by atoms with E-state index >= 15 is 0 Å². The molecule has 0 heterocycles. The normalized spacial score (nSPS) is 11.4. The minimum Gasteiger partial charge on any atom is -0.502 e. The molecular formula is C16H17N3O7S. The maximum Gasteiger partial charge on any atom is 0.276 e. The largest absolute Gasteiger partial charge is 0.502 e. The Bertz CT molecular complexity index is 978. The number of aryl methyl sites for hydroxylation is 1. The number of benzene rings is 2. The smallest absolute Gasteiger partial charge is 0.276 e. The van der Waals surface area contributed by atoms with Gasteiger partial charge in [-0.15, -0.1) is 0 Å². The molecule has 0 aliphatic heterocycles. The van der Waals surface area contributed by atoms with Gasteiger partial charge < -0.3 is 14.6 Å². The zero-order valence-electron chi connectivity index (χ0n) is 14.7. The quantitative estimate of drug-likeness (QED) is 0.415. The fraction of sp³-hybridized carbons (Fsp3) is 0.188. The van der Waals surface area contributed by atoms with E-state index in [2.05, 4.69) is 5.10 Å². The van der Waals surface area contributed by atoms with Crippen molar-refractivity contribution >= 4 is 21.9 Å². The van der Waals surface area contributed by atoms with Crippen molar-refractivity contribution in [2.45, 2.75) is 11.8 Å². The summed E-state index contributed by atoms with van der Waals surface area (Å²) in [6.45, 7) is 1.51. The van der Waals surface area contributed by atoms with Gasteiger partial charge in [0.2, 0.25) is 5.75 Å². The molecule has 0 aliphatic rings. The van der Waals surface area contributed by atoms with E-state index in [0.29, 0.717) is 11.1 Å². The third-order valence-electron chi connectivity index (χ3n) is 3.58. The molecule has 0 amide bonds. The number of methoxy groups -OCH3 is 2. The molecule has 11 heteroatoms. The van der Waals surface area contributed by atoms with Crippen molar-refractivity contribution in [1.29, 1.82) is 0 Å². The number of ether oxygens (including phenoxy) is 2. The zero-order valence-corrected chi connectivity index (χ0v) is 15.5. The molecule has 27 heavy (non-hydrogen) atoms. The van der Waals surface area contributed by atoms with E-state index in [1.807, 2.05) is 4.83 Å². The molecule has 2 rings (SSSR count). The number of hydrogen-bond acceptors (Lipinski definition) is 8. The number of nitrogens with one attached hydrogen (secondary N) is 1. The van der Waals surface area contributed by atoms with Crippen LogP contribution in [0.25, 0.3) is 0 Å². The maximum absolute atomic E-state index is 12.3. The molecule has 0 bridgehead atoms. The van der Waals surface area contributed by atoms with Crippen molar-refractivity contribution < 1.29 is 27.9 Å². The van der Waals surface area contributed by atoms with Crippen LogP contribution in [0.15, 0.2) is 40.3 Å². The number of aromatic hydroxyl groups is 1. The number of nitro benzene ring substituents is 1. The number of phenolic OH excluding ortho intramolecular Hbond substituents is 1. The molecule has 10 nitrogen and oxygen atoms in total. The van der Waals surface area contributed by atoms with E-state index in [4.69, 9.17) is 9.47 Å². The summed E-state index contributed by atoms with van der Waals surface area (Å²) in [6.07, 6.45) is 1.17. The Morgan fingerprint density at radius 1 is 1.19 bits per heavy atom. The first-order chi connectivity index (χ1) is 12.7. The summed E-state index contributed by atoms with van der Waals surface area (Å²) in [7, 11) is -1.41. The van der Waals surface area contributed by atoms with Gasteiger partial charge in [0.1, 0.15) is 0 Å². The second kappa shape index (κ2) is 7.91. The number of nitro groups is 1. The van der Waals surface area contributed by atoms with Crippen molar-refractivity contribution in [3.05, 3.63) is 51.6 Å². The first-order valence-corrected chi connectivity index (χ1v) is 8.93. The van der Waals surface area contributed by atoms with Gasteiger partial charge in [0.25, 0.3) is 15.7 Å². The highest BCUT2D eigenvalue weighted by Gasteiger charge is 2.19. The molecule has 0 unspecified atom stereocenters. The van der Waals surface area contributed by atoms with Gasteiger partial charge in [-0.3, -0.25) is 10.1 Å². The monoisotopic (exact) mass is 395 g/mol. The van der Waals surface area contributed by atoms with Crippen LogP contribution < -0.4 is 14.3 Å². The highest BCUT2D eigenvalue weighted by Crippen LogP contribution is 2.36. The molecule has 0 aromatic heterocycles. The predicted octanol–water partition coefficient (Wildman–Crippen LogP) is 1.94. The Hall–Kier alpha value is -3.34. The first-order valence-electron chi connectivity index (χ1n) is 7.44. The molecule has 2 aromatic carbocycles. The number of hydrazone groups is 1. The van der Waals surface area contributed by atoms with E-state index in [-0.39, 0.29) is 27.8 Å². The lowest BCUT2D eigenvalue weighted by Gasteiger charge is -2.09. The van der Waals surface area contributed by atoms with Gasteiger partial charge in [0.05, 0.1) is 30.3 Å². The molecule has 0 saturated heterocycles. The van der Waals surface area contributed by atoms with Crippen molar-refractivity contribution in [3.63, 3.8) is 0 Å². The first kappa shape index (κ1) is 20.0. The van der Waals surface area contributed by atoms with E-state index < -0.39 is 14.9 Å². The standard InChI is InChI=1S/C16H17N3O7S/c1-10-4-5-12(8-13(10)19(21)22)27(23,24)18-17-9-11-6-14(25-2)16(20)15(7-11)26-3/h4-9,18,20H,1-3H3/b17-9+. The summed E-state index contributed by atoms with van der Waals surface area (Å²) in [4.78, 5) is 12.0. The third kappa shape index (κ3) is 4.44. The third-order valence-corrected chi connectivity index (χ3v) is 4.80. The van der Waals surface area contributed by atoms with Crippen molar-refractivity contribution in [1.82, 2.24) is 4.83 Å². The second-order valence-electron chi connectivity index (χ2n) is 5.33. The Labute approximate surface area is 155 Å². The number of nitrogens with zero attached hydrogens (tertiary/aromatic N) is 2. The molecule has 0 saturated carbocycles. The van der Waals surface area contributed by atoms with Crippen LogP contribution >= 0.6 is 0 Å². The van der Waals surface area contributed by atoms with E-state index in [0.717, 1.165) is 6.07 Å². The lowest BCUT2D eigenvalue weighted by molar-refractivity contribution is -0.385. The summed E-state index contributed by atoms with van der Waals surface area (Å²) in [5.74, 6) is 0.0327. The molecule has 2 N–H and O–H groups in total. The maximum atomic E-state index is 12.3. The molecule has 144 valence electrons. The lowest BCUT2D eigenvalue weighted by Crippen LogP contribution is -2.18. The van der Waals surface area contributed by atoms with Gasteiger partial charge in [-0.05, 0) is 25.1 Å². The number of rotatable bonds is 7. The summed E-state index contributed by atoms with van der Waals surface area (Å²) < 4.78 is 34.5. The average molecular weight is 395 g/mol. The van der Waals surface area contributed by atoms with Gasteiger partial charge in [-0.1, -0.05) is 6.07 Å². The van der Waals surface area contributed by atoms with Gasteiger partial charge in [0, 0.05) is 17.2 Å². The fourth-order valence-electron chi connectivity index (χ4n) is 2.16. The number of sulfonamides is 1.